The van der Waals surface area contributed by atoms with Gasteiger partial charge in [-0.3, -0.25) is 9.59 Å². The summed E-state index contributed by atoms with van der Waals surface area (Å²) >= 11 is 0. The van der Waals surface area contributed by atoms with Crippen LogP contribution in [0.15, 0.2) is 42.6 Å². The van der Waals surface area contributed by atoms with Gasteiger partial charge in [-0.05, 0) is 30.9 Å². The number of nitrogens with zero attached hydrogens (tertiary/aromatic N) is 3. The van der Waals surface area contributed by atoms with Crippen molar-refractivity contribution in [3.63, 3.8) is 0 Å². The van der Waals surface area contributed by atoms with E-state index in [-0.39, 0.29) is 16.5 Å². The van der Waals surface area contributed by atoms with Gasteiger partial charge in [0.1, 0.15) is 11.7 Å². The standard InChI is InChI=1S/C26H26F3N3O4/c1-32-21(9-5-6-10-36-16-17-7-3-2-4-8-17)24(20-11-18(14-30)15-31-25(20)32)22(33)12-19(13-23(34)35)26(27,28)29/h2-4,7-8,11,15,19H,5-6,9-10,12-13,16H2,1H3,(H,34,35). The number of alkyl halides is 3. The second-order valence-corrected chi connectivity index (χ2v) is 8.55. The van der Waals surface area contributed by atoms with Crippen molar-refractivity contribution in [2.24, 2.45) is 13.0 Å². The summed E-state index contributed by atoms with van der Waals surface area (Å²) in [6, 6.07) is 13.0. The topological polar surface area (TPSA) is 105 Å². The van der Waals surface area contributed by atoms with Crippen molar-refractivity contribution in [1.29, 1.82) is 5.26 Å². The zero-order valence-corrected chi connectivity index (χ0v) is 19.7. The molecule has 0 aliphatic heterocycles. The minimum atomic E-state index is -4.84. The number of aliphatic carboxylic acids is 1. The van der Waals surface area contributed by atoms with Crippen molar-refractivity contribution in [3.8, 4) is 6.07 Å². The summed E-state index contributed by atoms with van der Waals surface area (Å²) in [5.41, 5.74) is 2.13. The van der Waals surface area contributed by atoms with Crippen molar-refractivity contribution in [2.45, 2.75) is 44.9 Å². The molecule has 3 rings (SSSR count). The van der Waals surface area contributed by atoms with Crippen LogP contribution in [0, 0.1) is 17.2 Å². The number of hydrogen-bond acceptors (Lipinski definition) is 5. The third-order valence-electron chi connectivity index (χ3n) is 5.93. The number of nitriles is 1. The number of halogens is 3. The molecule has 36 heavy (non-hydrogen) atoms. The van der Waals surface area contributed by atoms with Gasteiger partial charge >= 0.3 is 12.1 Å². The van der Waals surface area contributed by atoms with E-state index in [2.05, 4.69) is 4.98 Å². The van der Waals surface area contributed by atoms with Gasteiger partial charge in [0.2, 0.25) is 0 Å². The summed E-state index contributed by atoms with van der Waals surface area (Å²) in [5, 5.41) is 18.5. The highest BCUT2D eigenvalue weighted by Gasteiger charge is 2.42. The number of carbonyl (C=O) groups excluding carboxylic acids is 1. The van der Waals surface area contributed by atoms with Gasteiger partial charge in [0.15, 0.2) is 5.78 Å². The molecule has 1 N–H and O–H groups in total. The number of rotatable bonds is 12. The predicted octanol–water partition coefficient (Wildman–Crippen LogP) is 5.21. The molecule has 0 radical (unpaired) electrons. The lowest BCUT2D eigenvalue weighted by atomic mass is 9.92. The van der Waals surface area contributed by atoms with Crippen LogP contribution in [0.5, 0.6) is 0 Å². The van der Waals surface area contributed by atoms with Gasteiger partial charge in [-0.2, -0.15) is 18.4 Å². The van der Waals surface area contributed by atoms with Crippen LogP contribution < -0.4 is 0 Å². The molecule has 0 amide bonds. The fourth-order valence-corrected chi connectivity index (χ4v) is 4.13. The van der Waals surface area contributed by atoms with Gasteiger partial charge < -0.3 is 14.4 Å². The fraction of sp³-hybridized carbons (Fsp3) is 0.385. The van der Waals surface area contributed by atoms with Gasteiger partial charge in [-0.1, -0.05) is 30.3 Å². The molecule has 1 atom stereocenters. The Morgan fingerprint density at radius 3 is 2.56 bits per heavy atom. The maximum atomic E-state index is 13.4. The average molecular weight is 502 g/mol. The Hall–Kier alpha value is -3.71. The van der Waals surface area contributed by atoms with Crippen molar-refractivity contribution in [3.05, 3.63) is 65.0 Å². The van der Waals surface area contributed by atoms with E-state index in [4.69, 9.17) is 9.84 Å². The lowest BCUT2D eigenvalue weighted by Crippen LogP contribution is -2.28. The highest BCUT2D eigenvalue weighted by molar-refractivity contribution is 6.09. The molecule has 1 unspecified atom stereocenters. The lowest BCUT2D eigenvalue weighted by Gasteiger charge is -2.18. The number of carbonyl (C=O) groups is 2. The van der Waals surface area contributed by atoms with Gasteiger partial charge in [0.25, 0.3) is 0 Å². The maximum Gasteiger partial charge on any atom is 0.392 e. The fourth-order valence-electron chi connectivity index (χ4n) is 4.13. The van der Waals surface area contributed by atoms with Crippen molar-refractivity contribution < 1.29 is 32.6 Å². The number of unbranched alkanes of at least 4 members (excludes halogenated alkanes) is 1. The molecule has 0 saturated heterocycles. The molecular formula is C26H26F3N3O4. The Labute approximate surface area is 206 Å². The van der Waals surface area contributed by atoms with Crippen molar-refractivity contribution in [1.82, 2.24) is 9.55 Å². The summed E-state index contributed by atoms with van der Waals surface area (Å²) in [6.45, 7) is 0.926. The van der Waals surface area contributed by atoms with E-state index in [1.54, 1.807) is 11.6 Å². The Balaban J connectivity index is 1.80. The van der Waals surface area contributed by atoms with E-state index in [0.717, 1.165) is 5.56 Å². The molecule has 190 valence electrons. The molecule has 3 aromatic rings. The highest BCUT2D eigenvalue weighted by atomic mass is 19.4. The molecule has 0 fully saturated rings. The summed E-state index contributed by atoms with van der Waals surface area (Å²) in [4.78, 5) is 28.4. The van der Waals surface area contributed by atoms with E-state index >= 15 is 0 Å². The van der Waals surface area contributed by atoms with E-state index in [1.165, 1.54) is 12.3 Å². The van der Waals surface area contributed by atoms with Gasteiger partial charge in [-0.25, -0.2) is 4.98 Å². The zero-order chi connectivity index (χ0) is 26.3. The lowest BCUT2D eigenvalue weighted by molar-refractivity contribution is -0.182. The van der Waals surface area contributed by atoms with Crippen LogP contribution in [0.4, 0.5) is 13.2 Å². The summed E-state index contributed by atoms with van der Waals surface area (Å²) < 4.78 is 47.7. The van der Waals surface area contributed by atoms with Crippen molar-refractivity contribution >= 4 is 22.8 Å². The summed E-state index contributed by atoms with van der Waals surface area (Å²) in [5.74, 6) is -4.77. The molecule has 1 aromatic carbocycles. The first-order valence-electron chi connectivity index (χ1n) is 11.4. The van der Waals surface area contributed by atoms with Crippen molar-refractivity contribution in [2.75, 3.05) is 6.61 Å². The molecule has 2 aromatic heterocycles. The number of fused-ring (bicyclic) bond motifs is 1. The monoisotopic (exact) mass is 501 g/mol. The number of carboxylic acid groups (broad SMARTS) is 1. The van der Waals surface area contributed by atoms with Crippen LogP contribution in [0.3, 0.4) is 0 Å². The smallest absolute Gasteiger partial charge is 0.392 e. The van der Waals surface area contributed by atoms with Gasteiger partial charge in [0, 0.05) is 42.9 Å². The van der Waals surface area contributed by atoms with Crippen LogP contribution in [-0.4, -0.2) is 39.2 Å². The quantitative estimate of drug-likeness (QED) is 0.270. The molecule has 0 spiro atoms. The number of Topliss-reactive ketones (excluding diaryl/α,β-unsaturated/α-hetero) is 1. The molecule has 0 saturated carbocycles. The highest BCUT2D eigenvalue weighted by Crippen LogP contribution is 2.35. The van der Waals surface area contributed by atoms with E-state index in [0.29, 0.717) is 43.8 Å². The minimum absolute atomic E-state index is 0.0574. The number of pyridine rings is 1. The minimum Gasteiger partial charge on any atom is -0.481 e. The number of ketones is 1. The van der Waals surface area contributed by atoms with Gasteiger partial charge in [-0.15, -0.1) is 0 Å². The van der Waals surface area contributed by atoms with E-state index < -0.39 is 36.7 Å². The number of aryl methyl sites for hydroxylation is 1. The predicted molar refractivity (Wildman–Crippen MR) is 125 cm³/mol. The normalized spacial score (nSPS) is 12.4. The number of benzene rings is 1. The Morgan fingerprint density at radius 1 is 1.19 bits per heavy atom. The van der Waals surface area contributed by atoms with Gasteiger partial charge in [0.05, 0.1) is 24.5 Å². The largest absolute Gasteiger partial charge is 0.481 e. The molecular weight excluding hydrogens is 475 g/mol. The second-order valence-electron chi connectivity index (χ2n) is 8.55. The van der Waals surface area contributed by atoms with Crippen LogP contribution in [-0.2, 0) is 29.6 Å². The molecule has 7 nitrogen and oxygen atoms in total. The molecule has 0 aliphatic rings. The van der Waals surface area contributed by atoms with E-state index in [9.17, 15) is 28.0 Å². The number of hydrogen-bond donors (Lipinski definition) is 1. The number of carboxylic acids is 1. The number of ether oxygens (including phenoxy) is 1. The Bertz CT molecular complexity index is 1260. The maximum absolute atomic E-state index is 13.4. The third-order valence-corrected chi connectivity index (χ3v) is 5.93. The van der Waals surface area contributed by atoms with Crippen LogP contribution in [0.1, 0.15) is 52.9 Å². The van der Waals surface area contributed by atoms with Crippen LogP contribution in [0.25, 0.3) is 11.0 Å². The summed E-state index contributed by atoms with van der Waals surface area (Å²) in [6.07, 6.45) is -4.08. The SMILES string of the molecule is Cn1c(CCCCOCc2ccccc2)c(C(=O)CC(CC(=O)O)C(F)(F)F)c2cc(C#N)cnc21. The molecule has 0 aliphatic carbocycles. The number of aromatic nitrogens is 2. The molecule has 2 heterocycles. The average Bonchev–Trinajstić information content (AvgIpc) is 3.11. The third kappa shape index (κ3) is 6.70. The molecule has 10 heteroatoms. The first kappa shape index (κ1) is 26.9. The first-order chi connectivity index (χ1) is 17.1. The van der Waals surface area contributed by atoms with E-state index in [1.807, 2.05) is 36.4 Å². The van der Waals surface area contributed by atoms with Crippen LogP contribution >= 0.6 is 0 Å². The zero-order valence-electron chi connectivity index (χ0n) is 19.7. The van der Waals surface area contributed by atoms with Crippen LogP contribution in [0.2, 0.25) is 0 Å². The summed E-state index contributed by atoms with van der Waals surface area (Å²) in [7, 11) is 1.66. The molecule has 0 bridgehead atoms. The Kier molecular flexibility index (Phi) is 8.83. The first-order valence-corrected chi connectivity index (χ1v) is 11.4. The second kappa shape index (κ2) is 11.8. The Morgan fingerprint density at radius 2 is 1.92 bits per heavy atom.